The van der Waals surface area contributed by atoms with E-state index in [0.717, 1.165) is 6.07 Å². The number of carbonyl (C=O) groups is 2. The molecule has 0 atom stereocenters. The summed E-state index contributed by atoms with van der Waals surface area (Å²) in [6.07, 6.45) is 0. The number of aromatic hydroxyl groups is 1. The van der Waals surface area contributed by atoms with Crippen LogP contribution in [-0.2, 0) is 10.2 Å². The average molecular weight is 424 g/mol. The van der Waals surface area contributed by atoms with Crippen LogP contribution in [0.15, 0.2) is 30.3 Å². The first kappa shape index (κ1) is 20.2. The first-order valence-electron chi connectivity index (χ1n) is 8.24. The van der Waals surface area contributed by atoms with Gasteiger partial charge in [0, 0.05) is 22.2 Å². The van der Waals surface area contributed by atoms with Gasteiger partial charge in [0.15, 0.2) is 11.6 Å². The summed E-state index contributed by atoms with van der Waals surface area (Å²) in [4.78, 5) is 25.0. The van der Waals surface area contributed by atoms with Crippen LogP contribution in [0.5, 0.6) is 5.75 Å². The third-order valence-electron chi connectivity index (χ3n) is 4.82. The van der Waals surface area contributed by atoms with E-state index in [4.69, 9.17) is 23.2 Å². The second-order valence-corrected chi connectivity index (χ2v) is 7.77. The molecule has 1 aromatic heterocycles. The molecule has 8 heteroatoms. The van der Waals surface area contributed by atoms with Gasteiger partial charge in [-0.3, -0.25) is 14.2 Å². The maximum absolute atomic E-state index is 14.8. The first-order valence-corrected chi connectivity index (χ1v) is 9.00. The van der Waals surface area contributed by atoms with Crippen molar-refractivity contribution in [2.75, 3.05) is 0 Å². The highest BCUT2D eigenvalue weighted by Gasteiger charge is 2.37. The summed E-state index contributed by atoms with van der Waals surface area (Å²) >= 11 is 11.9. The minimum Gasteiger partial charge on any atom is -0.505 e. The fraction of sp³-hybridized carbons (Fsp3) is 0.200. The Bertz CT molecular complexity index is 1150. The molecule has 146 valence electrons. The molecule has 1 heterocycles. The van der Waals surface area contributed by atoms with E-state index in [-0.39, 0.29) is 37.8 Å². The molecule has 0 spiro atoms. The van der Waals surface area contributed by atoms with Gasteiger partial charge in [-0.1, -0.05) is 23.2 Å². The normalized spacial score (nSPS) is 11.8. The van der Waals surface area contributed by atoms with E-state index in [1.54, 1.807) is 0 Å². The van der Waals surface area contributed by atoms with Crippen LogP contribution in [-0.4, -0.2) is 26.7 Å². The highest BCUT2D eigenvalue weighted by molar-refractivity contribution is 6.42. The van der Waals surface area contributed by atoms with E-state index in [1.165, 1.54) is 49.6 Å². The maximum Gasteiger partial charge on any atom is 0.313 e. The summed E-state index contributed by atoms with van der Waals surface area (Å²) in [5, 5.41) is 19.8. The summed E-state index contributed by atoms with van der Waals surface area (Å²) in [6, 6.07) is 6.81. The summed E-state index contributed by atoms with van der Waals surface area (Å²) in [5.41, 5.74) is -0.810. The van der Waals surface area contributed by atoms with Gasteiger partial charge in [0.2, 0.25) is 0 Å². The molecule has 0 amide bonds. The van der Waals surface area contributed by atoms with E-state index in [9.17, 15) is 24.2 Å². The van der Waals surface area contributed by atoms with E-state index in [2.05, 4.69) is 0 Å². The molecule has 0 bridgehead atoms. The van der Waals surface area contributed by atoms with Crippen LogP contribution in [0, 0.1) is 12.7 Å². The molecule has 0 unspecified atom stereocenters. The van der Waals surface area contributed by atoms with Crippen molar-refractivity contribution in [1.82, 2.24) is 4.57 Å². The van der Waals surface area contributed by atoms with Crippen LogP contribution in [0.3, 0.4) is 0 Å². The van der Waals surface area contributed by atoms with Gasteiger partial charge in [-0.25, -0.2) is 4.39 Å². The van der Waals surface area contributed by atoms with Crippen molar-refractivity contribution in [2.45, 2.75) is 26.2 Å². The van der Waals surface area contributed by atoms with Crippen LogP contribution < -0.4 is 0 Å². The van der Waals surface area contributed by atoms with Gasteiger partial charge in [-0.05, 0) is 51.1 Å². The Morgan fingerprint density at radius 1 is 1.11 bits per heavy atom. The zero-order chi connectivity index (χ0) is 21.0. The van der Waals surface area contributed by atoms with E-state index in [0.29, 0.717) is 0 Å². The minimum atomic E-state index is -1.51. The third-order valence-corrected chi connectivity index (χ3v) is 5.56. The Morgan fingerprint density at radius 2 is 1.75 bits per heavy atom. The minimum absolute atomic E-state index is 0.108. The molecule has 3 rings (SSSR count). The Hall–Kier alpha value is -2.57. The Morgan fingerprint density at radius 3 is 2.32 bits per heavy atom. The van der Waals surface area contributed by atoms with Crippen LogP contribution in [0.25, 0.3) is 10.9 Å². The number of carboxylic acid groups (broad SMARTS) is 1. The van der Waals surface area contributed by atoms with E-state index >= 15 is 0 Å². The van der Waals surface area contributed by atoms with E-state index < -0.39 is 28.9 Å². The van der Waals surface area contributed by atoms with E-state index in [1.807, 2.05) is 0 Å². The van der Waals surface area contributed by atoms with Gasteiger partial charge in [0.1, 0.15) is 0 Å². The molecule has 0 saturated heterocycles. The standard InChI is InChI=1S/C20H16Cl2FNO4/c1-9-16(20(2,3)19(27)28)15-13(6-7-14(25)17(15)23)24(9)18(26)10-4-5-11(21)12(22)8-10/h4-8,25H,1-3H3,(H,27,28). The number of aromatic nitrogens is 1. The zero-order valence-corrected chi connectivity index (χ0v) is 16.7. The number of carboxylic acids is 1. The molecule has 0 aliphatic heterocycles. The number of nitrogens with zero attached hydrogens (tertiary/aromatic N) is 1. The molecule has 0 aliphatic rings. The molecule has 3 aromatic rings. The van der Waals surface area contributed by atoms with Crippen molar-refractivity contribution in [2.24, 2.45) is 0 Å². The number of hydrogen-bond donors (Lipinski definition) is 2. The number of phenolic OH excluding ortho intramolecular Hbond substituents is 1. The van der Waals surface area contributed by atoms with Gasteiger partial charge >= 0.3 is 5.97 Å². The van der Waals surface area contributed by atoms with Crippen LogP contribution in [0.4, 0.5) is 4.39 Å². The van der Waals surface area contributed by atoms with Gasteiger partial charge in [0.25, 0.3) is 5.91 Å². The number of benzene rings is 2. The molecular weight excluding hydrogens is 408 g/mol. The lowest BCUT2D eigenvalue weighted by Crippen LogP contribution is -2.29. The number of hydrogen-bond acceptors (Lipinski definition) is 3. The topological polar surface area (TPSA) is 79.5 Å². The monoisotopic (exact) mass is 423 g/mol. The Kier molecular flexibility index (Phi) is 4.89. The molecule has 2 N–H and O–H groups in total. The molecule has 0 aliphatic carbocycles. The van der Waals surface area contributed by atoms with Crippen LogP contribution in [0.1, 0.15) is 35.5 Å². The van der Waals surface area contributed by atoms with Crippen LogP contribution in [0.2, 0.25) is 10.0 Å². The predicted octanol–water partition coefficient (Wildman–Crippen LogP) is 5.15. The Labute approximate surface area is 169 Å². The Balaban J connectivity index is 2.40. The SMILES string of the molecule is Cc1c(C(C)(C)C(=O)O)c2c(F)c(O)ccc2n1C(=O)c1ccc(Cl)c(Cl)c1. The molecule has 5 nitrogen and oxygen atoms in total. The van der Waals surface area contributed by atoms with Crippen molar-refractivity contribution in [3.8, 4) is 5.75 Å². The third kappa shape index (κ3) is 2.93. The number of halogens is 3. The highest BCUT2D eigenvalue weighted by atomic mass is 35.5. The lowest BCUT2D eigenvalue weighted by molar-refractivity contribution is -0.142. The van der Waals surface area contributed by atoms with Gasteiger partial charge in [-0.2, -0.15) is 0 Å². The molecule has 28 heavy (non-hydrogen) atoms. The van der Waals surface area contributed by atoms with Crippen molar-refractivity contribution < 1.29 is 24.2 Å². The second kappa shape index (κ2) is 6.79. The smallest absolute Gasteiger partial charge is 0.313 e. The van der Waals surface area contributed by atoms with Crippen molar-refractivity contribution in [3.63, 3.8) is 0 Å². The fourth-order valence-corrected chi connectivity index (χ4v) is 3.64. The van der Waals surface area contributed by atoms with Crippen molar-refractivity contribution >= 4 is 46.0 Å². The van der Waals surface area contributed by atoms with Crippen molar-refractivity contribution in [1.29, 1.82) is 0 Å². The van der Waals surface area contributed by atoms with Gasteiger partial charge < -0.3 is 10.2 Å². The van der Waals surface area contributed by atoms with Crippen molar-refractivity contribution in [3.05, 3.63) is 63.0 Å². The summed E-state index contributed by atoms with van der Waals surface area (Å²) in [7, 11) is 0. The molecule has 2 aromatic carbocycles. The predicted molar refractivity (Wildman–Crippen MR) is 105 cm³/mol. The molecular formula is C20H16Cl2FNO4. The first-order chi connectivity index (χ1) is 13.0. The summed E-state index contributed by atoms with van der Waals surface area (Å²) < 4.78 is 16.0. The molecule has 0 saturated carbocycles. The maximum atomic E-state index is 14.8. The number of carbonyl (C=O) groups excluding carboxylic acids is 1. The lowest BCUT2D eigenvalue weighted by atomic mass is 9.82. The largest absolute Gasteiger partial charge is 0.505 e. The average Bonchev–Trinajstić information content (AvgIpc) is 2.93. The number of rotatable bonds is 3. The number of fused-ring (bicyclic) bond motifs is 1. The zero-order valence-electron chi connectivity index (χ0n) is 15.2. The van der Waals surface area contributed by atoms with Gasteiger partial charge in [0.05, 0.1) is 21.0 Å². The summed E-state index contributed by atoms with van der Waals surface area (Å²) in [6.45, 7) is 4.36. The summed E-state index contributed by atoms with van der Waals surface area (Å²) in [5.74, 6) is -3.34. The number of aliphatic carboxylic acids is 1. The lowest BCUT2D eigenvalue weighted by Gasteiger charge is -2.20. The quantitative estimate of drug-likeness (QED) is 0.610. The molecule has 0 fully saturated rings. The van der Waals surface area contributed by atoms with Crippen LogP contribution >= 0.6 is 23.2 Å². The second-order valence-electron chi connectivity index (χ2n) is 6.95. The molecule has 0 radical (unpaired) electrons. The van der Waals surface area contributed by atoms with Gasteiger partial charge in [-0.15, -0.1) is 0 Å². The number of phenols is 1. The highest BCUT2D eigenvalue weighted by Crippen LogP contribution is 2.40. The fourth-order valence-electron chi connectivity index (χ4n) is 3.34.